The van der Waals surface area contributed by atoms with Crippen molar-refractivity contribution in [3.63, 3.8) is 0 Å². The van der Waals surface area contributed by atoms with Gasteiger partial charge >= 0.3 is 11.8 Å². The van der Waals surface area contributed by atoms with E-state index < -0.39 is 11.8 Å². The van der Waals surface area contributed by atoms with Gasteiger partial charge in [0.25, 0.3) is 0 Å². The fourth-order valence-electron chi connectivity index (χ4n) is 1.96. The first-order valence-electron chi connectivity index (χ1n) is 7.18. The zero-order valence-corrected chi connectivity index (χ0v) is 14.8. The molecule has 0 spiro atoms. The van der Waals surface area contributed by atoms with Crippen LogP contribution >= 0.6 is 15.9 Å². The van der Waals surface area contributed by atoms with Crippen molar-refractivity contribution in [2.45, 2.75) is 6.92 Å². The number of nitrogens with one attached hydrogen (secondary N) is 3. The number of amides is 2. The van der Waals surface area contributed by atoms with E-state index in [1.54, 1.807) is 0 Å². The summed E-state index contributed by atoms with van der Waals surface area (Å²) < 4.78 is 0.872. The molecule has 24 heavy (non-hydrogen) atoms. The Balaban J connectivity index is 2.18. The third-order valence-electron chi connectivity index (χ3n) is 3.11. The van der Waals surface area contributed by atoms with Crippen molar-refractivity contribution in [1.29, 1.82) is 0 Å². The Morgan fingerprint density at radius 2 is 1.92 bits per heavy atom. The summed E-state index contributed by atoms with van der Waals surface area (Å²) in [5.41, 5.74) is 5.84. The lowest BCUT2D eigenvalue weighted by Crippen LogP contribution is -2.35. The maximum atomic E-state index is 11.4. The average Bonchev–Trinajstić information content (AvgIpc) is 2.56. The van der Waals surface area contributed by atoms with Crippen molar-refractivity contribution in [1.82, 2.24) is 10.7 Å². The molecule has 0 atom stereocenters. The number of likely N-dealkylation sites (N-methyl/N-ethyl adjacent to an activating group) is 1. The quantitative estimate of drug-likeness (QED) is 0.427. The maximum absolute atomic E-state index is 11.4. The van der Waals surface area contributed by atoms with Gasteiger partial charge in [-0.15, -0.1) is 0 Å². The molecule has 2 aromatic rings. The molecule has 0 heterocycles. The van der Waals surface area contributed by atoms with E-state index in [2.05, 4.69) is 37.1 Å². The normalized spacial score (nSPS) is 10.5. The highest BCUT2D eigenvalue weighted by molar-refractivity contribution is 9.10. The van der Waals surface area contributed by atoms with Gasteiger partial charge in [0.05, 0.1) is 6.21 Å². The number of aryl methyl sites for hydroxylation is 1. The van der Waals surface area contributed by atoms with Crippen LogP contribution in [0.25, 0.3) is 0 Å². The molecular formula is C17H17BrN4O2. The topological polar surface area (TPSA) is 82.6 Å². The predicted molar refractivity (Wildman–Crippen MR) is 98.4 cm³/mol. The summed E-state index contributed by atoms with van der Waals surface area (Å²) in [6.45, 7) is 2.02. The molecule has 2 amide bonds. The van der Waals surface area contributed by atoms with Crippen molar-refractivity contribution >= 4 is 45.3 Å². The van der Waals surface area contributed by atoms with E-state index in [1.165, 1.54) is 13.3 Å². The fraction of sp³-hybridized carbons (Fsp3) is 0.118. The minimum absolute atomic E-state index is 0.750. The Morgan fingerprint density at radius 1 is 1.12 bits per heavy atom. The molecule has 0 bridgehead atoms. The molecule has 0 fully saturated rings. The first kappa shape index (κ1) is 17.7. The Hall–Kier alpha value is -2.67. The van der Waals surface area contributed by atoms with E-state index in [9.17, 15) is 9.59 Å². The van der Waals surface area contributed by atoms with Gasteiger partial charge in [0.1, 0.15) is 0 Å². The minimum atomic E-state index is -0.822. The van der Waals surface area contributed by atoms with E-state index in [0.29, 0.717) is 0 Å². The second-order valence-electron chi connectivity index (χ2n) is 5.00. The van der Waals surface area contributed by atoms with Crippen LogP contribution in [0.15, 0.2) is 52.0 Å². The third-order valence-corrected chi connectivity index (χ3v) is 3.61. The molecule has 0 saturated heterocycles. The predicted octanol–water partition coefficient (Wildman–Crippen LogP) is 2.70. The molecule has 6 nitrogen and oxygen atoms in total. The highest BCUT2D eigenvalue weighted by atomic mass is 79.9. The van der Waals surface area contributed by atoms with Crippen LogP contribution in [0, 0.1) is 6.92 Å². The van der Waals surface area contributed by atoms with E-state index in [4.69, 9.17) is 0 Å². The fourth-order valence-corrected chi connectivity index (χ4v) is 2.34. The first-order valence-corrected chi connectivity index (χ1v) is 7.97. The number of nitrogens with zero attached hydrogens (tertiary/aromatic N) is 1. The monoisotopic (exact) mass is 388 g/mol. The van der Waals surface area contributed by atoms with Crippen LogP contribution < -0.4 is 16.1 Å². The standard InChI is InChI=1S/C17H17BrN4O2/c1-11-4-3-5-14(8-11)21-15-7-6-13(18)9-12(15)10-20-22-17(24)16(23)19-2/h3-10,21H,1-2H3,(H,19,23)(H,22,24)/b20-10-. The summed E-state index contributed by atoms with van der Waals surface area (Å²) in [6, 6.07) is 13.6. The van der Waals surface area contributed by atoms with Crippen LogP contribution in [-0.4, -0.2) is 25.1 Å². The number of carbonyl (C=O) groups is 2. The summed E-state index contributed by atoms with van der Waals surface area (Å²) in [5.74, 6) is -1.57. The van der Waals surface area contributed by atoms with Gasteiger partial charge < -0.3 is 10.6 Å². The zero-order chi connectivity index (χ0) is 17.5. The third kappa shape index (κ3) is 4.92. The van der Waals surface area contributed by atoms with Crippen molar-refractivity contribution in [3.05, 3.63) is 58.1 Å². The molecule has 3 N–H and O–H groups in total. The molecule has 0 aromatic heterocycles. The zero-order valence-electron chi connectivity index (χ0n) is 13.3. The van der Waals surface area contributed by atoms with Crippen LogP contribution in [0.3, 0.4) is 0 Å². The van der Waals surface area contributed by atoms with Crippen LogP contribution in [0.4, 0.5) is 11.4 Å². The second-order valence-corrected chi connectivity index (χ2v) is 5.92. The Kier molecular flexibility index (Phi) is 6.08. The van der Waals surface area contributed by atoms with Gasteiger partial charge in [-0.2, -0.15) is 5.10 Å². The minimum Gasteiger partial charge on any atom is -0.355 e. The number of benzene rings is 2. The van der Waals surface area contributed by atoms with Gasteiger partial charge in [-0.25, -0.2) is 5.43 Å². The van der Waals surface area contributed by atoms with E-state index in [-0.39, 0.29) is 0 Å². The molecule has 124 valence electrons. The van der Waals surface area contributed by atoms with Crippen molar-refractivity contribution < 1.29 is 9.59 Å². The smallest absolute Gasteiger partial charge is 0.329 e. The summed E-state index contributed by atoms with van der Waals surface area (Å²) in [6.07, 6.45) is 1.48. The Bertz CT molecular complexity index is 790. The maximum Gasteiger partial charge on any atom is 0.329 e. The lowest BCUT2D eigenvalue weighted by atomic mass is 10.1. The first-order chi connectivity index (χ1) is 11.5. The van der Waals surface area contributed by atoms with Gasteiger partial charge in [0.15, 0.2) is 0 Å². The lowest BCUT2D eigenvalue weighted by molar-refractivity contribution is -0.138. The van der Waals surface area contributed by atoms with Gasteiger partial charge in [-0.05, 0) is 42.8 Å². The van der Waals surface area contributed by atoms with Gasteiger partial charge in [0.2, 0.25) is 0 Å². The van der Waals surface area contributed by atoms with E-state index in [1.807, 2.05) is 49.4 Å². The highest BCUT2D eigenvalue weighted by Gasteiger charge is 2.09. The number of hydrazone groups is 1. The summed E-state index contributed by atoms with van der Waals surface area (Å²) in [5, 5.41) is 9.36. The summed E-state index contributed by atoms with van der Waals surface area (Å²) >= 11 is 3.41. The molecule has 2 aromatic carbocycles. The van der Waals surface area contributed by atoms with Crippen molar-refractivity contribution in [2.75, 3.05) is 12.4 Å². The van der Waals surface area contributed by atoms with Gasteiger partial charge in [-0.3, -0.25) is 9.59 Å². The van der Waals surface area contributed by atoms with Crippen molar-refractivity contribution in [2.24, 2.45) is 5.10 Å². The second kappa shape index (κ2) is 8.26. The van der Waals surface area contributed by atoms with Crippen LogP contribution in [0.2, 0.25) is 0 Å². The molecule has 0 aliphatic heterocycles. The molecule has 7 heteroatoms. The van der Waals surface area contributed by atoms with Gasteiger partial charge in [0, 0.05) is 28.5 Å². The number of rotatable bonds is 4. The molecule has 0 radical (unpaired) electrons. The summed E-state index contributed by atoms with van der Waals surface area (Å²) in [4.78, 5) is 22.5. The van der Waals surface area contributed by atoms with E-state index >= 15 is 0 Å². The number of hydrogen-bond acceptors (Lipinski definition) is 4. The van der Waals surface area contributed by atoms with Gasteiger partial charge in [-0.1, -0.05) is 28.1 Å². The molecule has 0 aliphatic carbocycles. The number of carbonyl (C=O) groups excluding carboxylic acids is 2. The highest BCUT2D eigenvalue weighted by Crippen LogP contribution is 2.23. The van der Waals surface area contributed by atoms with Crippen LogP contribution in [0.5, 0.6) is 0 Å². The lowest BCUT2D eigenvalue weighted by Gasteiger charge is -2.10. The number of anilines is 2. The molecular weight excluding hydrogens is 372 g/mol. The largest absolute Gasteiger partial charge is 0.355 e. The average molecular weight is 389 g/mol. The Labute approximate surface area is 148 Å². The van der Waals surface area contributed by atoms with E-state index in [0.717, 1.165) is 27.0 Å². The van der Waals surface area contributed by atoms with Crippen molar-refractivity contribution in [3.8, 4) is 0 Å². The molecule has 0 aliphatic rings. The SMILES string of the molecule is CNC(=O)C(=O)N/N=C\c1cc(Br)ccc1Nc1cccc(C)c1. The number of halogens is 1. The summed E-state index contributed by atoms with van der Waals surface area (Å²) in [7, 11) is 1.38. The molecule has 0 saturated carbocycles. The van der Waals surface area contributed by atoms with Crippen LogP contribution in [0.1, 0.15) is 11.1 Å². The number of hydrogen-bond donors (Lipinski definition) is 3. The Morgan fingerprint density at radius 3 is 2.62 bits per heavy atom. The molecule has 0 unspecified atom stereocenters. The molecule has 2 rings (SSSR count). The van der Waals surface area contributed by atoms with Crippen LogP contribution in [-0.2, 0) is 9.59 Å².